The van der Waals surface area contributed by atoms with Crippen LogP contribution in [0.5, 0.6) is 5.75 Å². The first kappa shape index (κ1) is 18.8. The largest absolute Gasteiger partial charge is 0.462 e. The van der Waals surface area contributed by atoms with E-state index in [2.05, 4.69) is 24.3 Å². The Bertz CT molecular complexity index is 1070. The van der Waals surface area contributed by atoms with E-state index in [1.807, 2.05) is 24.3 Å². The predicted molar refractivity (Wildman–Crippen MR) is 112 cm³/mol. The second kappa shape index (κ2) is 7.58. The number of hydrogen-bond acceptors (Lipinski definition) is 3. The van der Waals surface area contributed by atoms with Crippen LogP contribution < -0.4 is 4.74 Å². The highest BCUT2D eigenvalue weighted by atomic mass is 19.1. The van der Waals surface area contributed by atoms with E-state index in [1.54, 1.807) is 17.0 Å². The number of piperidine rings is 1. The molecule has 1 spiro atoms. The van der Waals surface area contributed by atoms with Crippen LogP contribution in [-0.4, -0.2) is 29.7 Å². The number of ether oxygens (including phenoxy) is 2. The third-order valence-electron chi connectivity index (χ3n) is 5.84. The predicted octanol–water partition coefficient (Wildman–Crippen LogP) is 5.03. The smallest absolute Gasteiger partial charge is 0.253 e. The Morgan fingerprint density at radius 2 is 1.70 bits per heavy atom. The van der Waals surface area contributed by atoms with Gasteiger partial charge in [-0.15, -0.1) is 0 Å². The lowest BCUT2D eigenvalue weighted by Crippen LogP contribution is -2.52. The molecule has 1 fully saturated rings. The fourth-order valence-electron chi connectivity index (χ4n) is 4.14. The summed E-state index contributed by atoms with van der Waals surface area (Å²) in [5.41, 5.74) is 3.69. The molecule has 5 heteroatoms. The summed E-state index contributed by atoms with van der Waals surface area (Å²) in [6.07, 6.45) is 1.15. The van der Waals surface area contributed by atoms with E-state index in [1.165, 1.54) is 12.1 Å². The highest BCUT2D eigenvalue weighted by Gasteiger charge is 2.42. The molecule has 0 N–H and O–H groups in total. The van der Waals surface area contributed by atoms with Crippen LogP contribution in [0.4, 0.5) is 4.39 Å². The van der Waals surface area contributed by atoms with Crippen LogP contribution in [0.25, 0.3) is 11.1 Å². The highest BCUT2D eigenvalue weighted by molar-refractivity contribution is 5.94. The van der Waals surface area contributed by atoms with Crippen LogP contribution in [-0.2, 0) is 11.3 Å². The van der Waals surface area contributed by atoms with Crippen molar-refractivity contribution in [2.45, 2.75) is 25.2 Å². The van der Waals surface area contributed by atoms with Crippen LogP contribution >= 0.6 is 0 Å². The zero-order valence-electron chi connectivity index (χ0n) is 16.5. The van der Waals surface area contributed by atoms with Crippen molar-refractivity contribution in [3.05, 3.63) is 89.7 Å². The van der Waals surface area contributed by atoms with Crippen LogP contribution in [0.3, 0.4) is 0 Å². The lowest BCUT2D eigenvalue weighted by atomic mass is 9.98. The van der Waals surface area contributed by atoms with E-state index in [4.69, 9.17) is 9.47 Å². The van der Waals surface area contributed by atoms with Gasteiger partial charge in [-0.05, 0) is 41.5 Å². The summed E-state index contributed by atoms with van der Waals surface area (Å²) in [5.74, 6) is -0.432. The fourth-order valence-corrected chi connectivity index (χ4v) is 4.14. The van der Waals surface area contributed by atoms with Crippen molar-refractivity contribution in [1.29, 1.82) is 0 Å². The van der Waals surface area contributed by atoms with Gasteiger partial charge in [0.2, 0.25) is 5.79 Å². The van der Waals surface area contributed by atoms with E-state index in [0.717, 1.165) is 22.4 Å². The number of likely N-dealkylation sites (tertiary alicyclic amines) is 1. The molecule has 0 aromatic heterocycles. The van der Waals surface area contributed by atoms with E-state index in [-0.39, 0.29) is 5.91 Å². The van der Waals surface area contributed by atoms with E-state index >= 15 is 0 Å². The summed E-state index contributed by atoms with van der Waals surface area (Å²) < 4.78 is 25.9. The molecular weight excluding hydrogens is 381 g/mol. The fraction of sp³-hybridized carbons (Fsp3) is 0.240. The average molecular weight is 403 g/mol. The first-order chi connectivity index (χ1) is 14.6. The molecule has 30 heavy (non-hydrogen) atoms. The van der Waals surface area contributed by atoms with Crippen LogP contribution in [0, 0.1) is 5.82 Å². The molecule has 2 aliphatic heterocycles. The van der Waals surface area contributed by atoms with Crippen molar-refractivity contribution < 1.29 is 18.7 Å². The van der Waals surface area contributed by atoms with Gasteiger partial charge in [-0.25, -0.2) is 4.39 Å². The Hall–Kier alpha value is -3.18. The van der Waals surface area contributed by atoms with E-state index in [9.17, 15) is 9.18 Å². The van der Waals surface area contributed by atoms with Crippen LogP contribution in [0.1, 0.15) is 28.8 Å². The van der Waals surface area contributed by atoms with Gasteiger partial charge >= 0.3 is 0 Å². The molecule has 3 aromatic carbocycles. The summed E-state index contributed by atoms with van der Waals surface area (Å²) in [6.45, 7) is 1.49. The number of hydrogen-bond donors (Lipinski definition) is 0. The maximum Gasteiger partial charge on any atom is 0.253 e. The minimum absolute atomic E-state index is 0.159. The van der Waals surface area contributed by atoms with E-state index < -0.39 is 11.6 Å². The van der Waals surface area contributed by atoms with Gasteiger partial charge < -0.3 is 14.4 Å². The van der Waals surface area contributed by atoms with Gasteiger partial charge in [0, 0.05) is 37.1 Å². The minimum Gasteiger partial charge on any atom is -0.462 e. The van der Waals surface area contributed by atoms with Gasteiger partial charge in [0.1, 0.15) is 11.6 Å². The molecule has 1 saturated heterocycles. The molecule has 2 heterocycles. The minimum atomic E-state index is -0.708. The molecule has 0 aliphatic carbocycles. The Labute approximate surface area is 174 Å². The summed E-state index contributed by atoms with van der Waals surface area (Å²) in [6, 6.07) is 22.2. The van der Waals surface area contributed by atoms with Crippen molar-refractivity contribution in [1.82, 2.24) is 4.90 Å². The van der Waals surface area contributed by atoms with E-state index in [0.29, 0.717) is 38.1 Å². The number of carbonyl (C=O) groups excluding carboxylic acids is 1. The maximum atomic E-state index is 13.4. The number of nitrogens with zero attached hydrogens (tertiary/aromatic N) is 1. The topological polar surface area (TPSA) is 38.8 Å². The second-order valence-corrected chi connectivity index (χ2v) is 7.79. The Morgan fingerprint density at radius 1 is 0.900 bits per heavy atom. The van der Waals surface area contributed by atoms with Gasteiger partial charge in [-0.2, -0.15) is 0 Å². The second-order valence-electron chi connectivity index (χ2n) is 7.79. The highest BCUT2D eigenvalue weighted by Crippen LogP contribution is 2.39. The SMILES string of the molecule is O=C(c1cccc(F)c1)N1CCC2(CC1)OCc1cc(-c3ccccc3)ccc1O2. The summed E-state index contributed by atoms with van der Waals surface area (Å²) in [7, 11) is 0. The third-order valence-corrected chi connectivity index (χ3v) is 5.84. The first-order valence-corrected chi connectivity index (χ1v) is 10.2. The van der Waals surface area contributed by atoms with Gasteiger partial charge in [0.15, 0.2) is 0 Å². The number of carbonyl (C=O) groups is 1. The molecule has 2 aliphatic rings. The Kier molecular flexibility index (Phi) is 4.75. The molecule has 0 radical (unpaired) electrons. The van der Waals surface area contributed by atoms with Crippen molar-refractivity contribution in [2.24, 2.45) is 0 Å². The third kappa shape index (κ3) is 3.57. The molecule has 0 atom stereocenters. The number of halogens is 1. The lowest BCUT2D eigenvalue weighted by Gasteiger charge is -2.44. The lowest BCUT2D eigenvalue weighted by molar-refractivity contribution is -0.225. The molecule has 0 saturated carbocycles. The van der Waals surface area contributed by atoms with Gasteiger partial charge in [0.25, 0.3) is 5.91 Å². The number of rotatable bonds is 2. The van der Waals surface area contributed by atoms with Crippen molar-refractivity contribution in [3.63, 3.8) is 0 Å². The average Bonchev–Trinajstić information content (AvgIpc) is 2.79. The molecule has 1 amide bonds. The van der Waals surface area contributed by atoms with Crippen molar-refractivity contribution in [2.75, 3.05) is 13.1 Å². The molecule has 152 valence electrons. The zero-order chi connectivity index (χ0) is 20.6. The molecule has 3 aromatic rings. The van der Waals surface area contributed by atoms with Crippen molar-refractivity contribution in [3.8, 4) is 16.9 Å². The number of benzene rings is 3. The quantitative estimate of drug-likeness (QED) is 0.602. The van der Waals surface area contributed by atoms with Crippen LogP contribution in [0.15, 0.2) is 72.8 Å². The monoisotopic (exact) mass is 403 g/mol. The zero-order valence-corrected chi connectivity index (χ0v) is 16.5. The number of fused-ring (bicyclic) bond motifs is 1. The van der Waals surface area contributed by atoms with Crippen LogP contribution in [0.2, 0.25) is 0 Å². The summed E-state index contributed by atoms with van der Waals surface area (Å²) in [4.78, 5) is 14.4. The summed E-state index contributed by atoms with van der Waals surface area (Å²) in [5, 5.41) is 0. The number of amides is 1. The van der Waals surface area contributed by atoms with Crippen molar-refractivity contribution >= 4 is 5.91 Å². The molecule has 0 bridgehead atoms. The van der Waals surface area contributed by atoms with Gasteiger partial charge in [-0.1, -0.05) is 42.5 Å². The van der Waals surface area contributed by atoms with Gasteiger partial charge in [-0.3, -0.25) is 4.79 Å². The molecule has 4 nitrogen and oxygen atoms in total. The van der Waals surface area contributed by atoms with Gasteiger partial charge in [0.05, 0.1) is 6.61 Å². The standard InChI is InChI=1S/C25H22FNO3/c26-22-8-4-7-20(16-22)24(28)27-13-11-25(12-14-27)29-17-21-15-19(9-10-23(21)30-25)18-5-2-1-3-6-18/h1-10,15-16H,11-14,17H2. The normalized spacial score (nSPS) is 17.3. The Morgan fingerprint density at radius 3 is 2.47 bits per heavy atom. The summed E-state index contributed by atoms with van der Waals surface area (Å²) >= 11 is 0. The Balaban J connectivity index is 1.28. The molecule has 5 rings (SSSR count). The maximum absolute atomic E-state index is 13.4. The molecule has 0 unspecified atom stereocenters. The molecular formula is C25H22FNO3. The first-order valence-electron chi connectivity index (χ1n) is 10.2.